The molecule has 144 valence electrons. The zero-order valence-corrected chi connectivity index (χ0v) is 16.3. The van der Waals surface area contributed by atoms with Gasteiger partial charge in [0.1, 0.15) is 5.82 Å². The predicted molar refractivity (Wildman–Crippen MR) is 106 cm³/mol. The fourth-order valence-electron chi connectivity index (χ4n) is 3.58. The van der Waals surface area contributed by atoms with Gasteiger partial charge in [0.15, 0.2) is 5.78 Å². The largest absolute Gasteiger partial charge is 0.335 e. The second-order valence-corrected chi connectivity index (χ2v) is 8.08. The van der Waals surface area contributed by atoms with Crippen molar-refractivity contribution >= 4 is 23.0 Å². The molecule has 0 N–H and O–H groups in total. The number of nitrogens with zero attached hydrogens (tertiary/aromatic N) is 3. The number of aromatic nitrogens is 2. The maximum absolute atomic E-state index is 13.1. The minimum Gasteiger partial charge on any atom is -0.335 e. The number of thiophene rings is 1. The van der Waals surface area contributed by atoms with E-state index in [1.54, 1.807) is 36.3 Å². The number of hydrogen-bond donors (Lipinski definition) is 0. The van der Waals surface area contributed by atoms with Crippen LogP contribution in [0.5, 0.6) is 0 Å². The van der Waals surface area contributed by atoms with Crippen LogP contribution in [0.15, 0.2) is 48.8 Å². The van der Waals surface area contributed by atoms with Gasteiger partial charge in [-0.25, -0.2) is 4.39 Å². The summed E-state index contributed by atoms with van der Waals surface area (Å²) in [5.74, 6) is -0.314. The molecule has 1 atom stereocenters. The van der Waals surface area contributed by atoms with Crippen LogP contribution in [-0.4, -0.2) is 39.0 Å². The van der Waals surface area contributed by atoms with Crippen LogP contribution >= 0.6 is 11.3 Å². The highest BCUT2D eigenvalue weighted by molar-refractivity contribution is 7.17. The molecule has 3 aromatic rings. The third-order valence-electron chi connectivity index (χ3n) is 5.03. The van der Waals surface area contributed by atoms with Gasteiger partial charge in [-0.2, -0.15) is 5.10 Å². The molecule has 1 fully saturated rings. The Morgan fingerprint density at radius 2 is 2.00 bits per heavy atom. The molecule has 3 heterocycles. The lowest BCUT2D eigenvalue weighted by molar-refractivity contribution is 0.0721. The number of carbonyl (C=O) groups is 2. The van der Waals surface area contributed by atoms with Crippen LogP contribution in [0, 0.1) is 5.82 Å². The molecule has 0 spiro atoms. The number of hydrogen-bond acceptors (Lipinski definition) is 4. The standard InChI is InChI=1S/C21H20FN3O2S/c1-24-13-15(12-23-24)18(26)11-17-3-2-10-25(17)21(27)20-9-8-19(28-20)14-4-6-16(22)7-5-14/h4-9,12-13,17H,2-3,10-11H2,1H3. The molecule has 5 nitrogen and oxygen atoms in total. The molecular formula is C21H20FN3O2S. The highest BCUT2D eigenvalue weighted by atomic mass is 32.1. The van der Waals surface area contributed by atoms with E-state index in [1.807, 2.05) is 17.0 Å². The second-order valence-electron chi connectivity index (χ2n) is 7.00. The minimum atomic E-state index is -0.283. The van der Waals surface area contributed by atoms with Gasteiger partial charge in [0.05, 0.1) is 16.6 Å². The number of Topliss-reactive ketones (excluding diaryl/α,β-unsaturated/α-hetero) is 1. The summed E-state index contributed by atoms with van der Waals surface area (Å²) in [4.78, 5) is 28.9. The van der Waals surface area contributed by atoms with E-state index in [4.69, 9.17) is 0 Å². The lowest BCUT2D eigenvalue weighted by Gasteiger charge is -2.23. The first-order chi connectivity index (χ1) is 13.5. The van der Waals surface area contributed by atoms with Crippen molar-refractivity contribution in [3.8, 4) is 10.4 Å². The van der Waals surface area contributed by atoms with Crippen molar-refractivity contribution in [3.63, 3.8) is 0 Å². The monoisotopic (exact) mass is 397 g/mol. The Bertz CT molecular complexity index is 1010. The quantitative estimate of drug-likeness (QED) is 0.608. The molecule has 1 aliphatic heterocycles. The fraction of sp³-hybridized carbons (Fsp3) is 0.286. The summed E-state index contributed by atoms with van der Waals surface area (Å²) in [5.41, 5.74) is 1.46. The Morgan fingerprint density at radius 3 is 2.71 bits per heavy atom. The average molecular weight is 397 g/mol. The van der Waals surface area contributed by atoms with Crippen LogP contribution in [0.1, 0.15) is 39.3 Å². The molecular weight excluding hydrogens is 377 g/mol. The van der Waals surface area contributed by atoms with Gasteiger partial charge in [-0.15, -0.1) is 11.3 Å². The molecule has 1 unspecified atom stereocenters. The van der Waals surface area contributed by atoms with Crippen molar-refractivity contribution in [2.75, 3.05) is 6.54 Å². The Morgan fingerprint density at radius 1 is 1.21 bits per heavy atom. The van der Waals surface area contributed by atoms with Gasteiger partial charge in [-0.3, -0.25) is 14.3 Å². The van der Waals surface area contributed by atoms with Gasteiger partial charge in [0, 0.05) is 37.1 Å². The zero-order chi connectivity index (χ0) is 19.7. The average Bonchev–Trinajstić information content (AvgIpc) is 3.42. The Hall–Kier alpha value is -2.80. The predicted octanol–water partition coefficient (Wildman–Crippen LogP) is 4.17. The normalized spacial score (nSPS) is 16.5. The molecule has 1 aromatic carbocycles. The maximum atomic E-state index is 13.1. The van der Waals surface area contributed by atoms with Crippen LogP contribution in [-0.2, 0) is 7.05 Å². The Labute approximate surface area is 166 Å². The van der Waals surface area contributed by atoms with Crippen molar-refractivity contribution in [2.24, 2.45) is 7.05 Å². The van der Waals surface area contributed by atoms with Gasteiger partial charge in [0.25, 0.3) is 5.91 Å². The van der Waals surface area contributed by atoms with E-state index >= 15 is 0 Å². The number of amides is 1. The fourth-order valence-corrected chi connectivity index (χ4v) is 4.54. The second kappa shape index (κ2) is 7.67. The first-order valence-electron chi connectivity index (χ1n) is 9.20. The third kappa shape index (κ3) is 3.75. The van der Waals surface area contributed by atoms with E-state index < -0.39 is 0 Å². The summed E-state index contributed by atoms with van der Waals surface area (Å²) in [5, 5.41) is 4.04. The summed E-state index contributed by atoms with van der Waals surface area (Å²) in [6.45, 7) is 0.660. The number of aryl methyl sites for hydroxylation is 1. The first kappa shape index (κ1) is 18.6. The maximum Gasteiger partial charge on any atom is 0.264 e. The van der Waals surface area contributed by atoms with Gasteiger partial charge in [-0.05, 0) is 42.7 Å². The molecule has 1 amide bonds. The minimum absolute atomic E-state index is 0.0102. The number of halogens is 1. The van der Waals surface area contributed by atoms with E-state index in [1.165, 1.54) is 23.5 Å². The smallest absolute Gasteiger partial charge is 0.264 e. The number of ketones is 1. The molecule has 7 heteroatoms. The van der Waals surface area contributed by atoms with Crippen LogP contribution in [0.25, 0.3) is 10.4 Å². The molecule has 1 saturated heterocycles. The number of rotatable bonds is 5. The van der Waals surface area contributed by atoms with Crippen LogP contribution in [0.2, 0.25) is 0 Å². The topological polar surface area (TPSA) is 55.2 Å². The van der Waals surface area contributed by atoms with Gasteiger partial charge in [0.2, 0.25) is 0 Å². The number of likely N-dealkylation sites (tertiary alicyclic amines) is 1. The van der Waals surface area contributed by atoms with E-state index in [0.29, 0.717) is 23.4 Å². The van der Waals surface area contributed by atoms with Gasteiger partial charge in [-0.1, -0.05) is 12.1 Å². The summed E-state index contributed by atoms with van der Waals surface area (Å²) in [6.07, 6.45) is 5.31. The van der Waals surface area contributed by atoms with Crippen molar-refractivity contribution in [1.29, 1.82) is 0 Å². The van der Waals surface area contributed by atoms with Crippen LogP contribution < -0.4 is 0 Å². The number of benzene rings is 1. The van der Waals surface area contributed by atoms with Crippen molar-refractivity contribution in [1.82, 2.24) is 14.7 Å². The van der Waals surface area contributed by atoms with Crippen molar-refractivity contribution in [3.05, 3.63) is 65.0 Å². The Kier molecular flexibility index (Phi) is 5.09. The summed E-state index contributed by atoms with van der Waals surface area (Å²) < 4.78 is 14.7. The van der Waals surface area contributed by atoms with E-state index in [-0.39, 0.29) is 23.5 Å². The molecule has 0 radical (unpaired) electrons. The van der Waals surface area contributed by atoms with E-state index in [2.05, 4.69) is 5.10 Å². The molecule has 0 saturated carbocycles. The highest BCUT2D eigenvalue weighted by Crippen LogP contribution is 2.31. The summed E-state index contributed by atoms with van der Waals surface area (Å²) in [6, 6.07) is 9.85. The summed E-state index contributed by atoms with van der Waals surface area (Å²) >= 11 is 1.40. The van der Waals surface area contributed by atoms with Crippen LogP contribution in [0.3, 0.4) is 0 Å². The van der Waals surface area contributed by atoms with E-state index in [9.17, 15) is 14.0 Å². The Balaban J connectivity index is 1.47. The number of carbonyl (C=O) groups excluding carboxylic acids is 2. The third-order valence-corrected chi connectivity index (χ3v) is 6.15. The highest BCUT2D eigenvalue weighted by Gasteiger charge is 2.32. The first-order valence-corrected chi connectivity index (χ1v) is 10.0. The molecule has 2 aromatic heterocycles. The summed E-state index contributed by atoms with van der Waals surface area (Å²) in [7, 11) is 1.78. The van der Waals surface area contributed by atoms with Gasteiger partial charge >= 0.3 is 0 Å². The van der Waals surface area contributed by atoms with E-state index in [0.717, 1.165) is 23.3 Å². The zero-order valence-electron chi connectivity index (χ0n) is 15.5. The molecule has 0 aliphatic carbocycles. The molecule has 28 heavy (non-hydrogen) atoms. The molecule has 1 aliphatic rings. The van der Waals surface area contributed by atoms with Crippen molar-refractivity contribution < 1.29 is 14.0 Å². The van der Waals surface area contributed by atoms with Crippen molar-refractivity contribution in [2.45, 2.75) is 25.3 Å². The van der Waals surface area contributed by atoms with Crippen LogP contribution in [0.4, 0.5) is 4.39 Å². The molecule has 0 bridgehead atoms. The lowest BCUT2D eigenvalue weighted by Crippen LogP contribution is -2.36. The SMILES string of the molecule is Cn1cc(C(=O)CC2CCCN2C(=O)c2ccc(-c3ccc(F)cc3)s2)cn1. The lowest BCUT2D eigenvalue weighted by atomic mass is 10.0. The molecule has 4 rings (SSSR count). The van der Waals surface area contributed by atoms with Gasteiger partial charge < -0.3 is 4.90 Å².